The summed E-state index contributed by atoms with van der Waals surface area (Å²) in [5, 5.41) is 19.6. The fourth-order valence-corrected chi connectivity index (χ4v) is 3.84. The molecule has 0 saturated heterocycles. The van der Waals surface area contributed by atoms with Crippen molar-refractivity contribution in [2.45, 2.75) is 59.0 Å². The van der Waals surface area contributed by atoms with Gasteiger partial charge in [-0.25, -0.2) is 23.4 Å². The normalized spacial score (nSPS) is 12.3. The fourth-order valence-electron chi connectivity index (χ4n) is 3.65. The van der Waals surface area contributed by atoms with Crippen molar-refractivity contribution in [1.82, 2.24) is 19.6 Å². The summed E-state index contributed by atoms with van der Waals surface area (Å²) in [6, 6.07) is 4.45. The lowest BCUT2D eigenvalue weighted by Crippen LogP contribution is -2.51. The maximum atomic E-state index is 14.0. The lowest BCUT2D eigenvalue weighted by Gasteiger charge is -2.35. The first kappa shape index (κ1) is 34.1. The van der Waals surface area contributed by atoms with Crippen LogP contribution in [0.25, 0.3) is 5.65 Å². The van der Waals surface area contributed by atoms with Crippen LogP contribution >= 0.6 is 11.6 Å². The van der Waals surface area contributed by atoms with Crippen molar-refractivity contribution >= 4 is 35.2 Å². The molecule has 42 heavy (non-hydrogen) atoms. The molecular formula is C26H28ClF5N4O6. The van der Waals surface area contributed by atoms with Crippen LogP contribution in [-0.4, -0.2) is 66.8 Å². The number of hydrogen-bond acceptors (Lipinski definition) is 5. The van der Waals surface area contributed by atoms with E-state index in [1.165, 1.54) is 27.6 Å². The monoisotopic (exact) mass is 622 g/mol. The van der Waals surface area contributed by atoms with Gasteiger partial charge in [-0.2, -0.15) is 13.2 Å². The number of pyridine rings is 1. The van der Waals surface area contributed by atoms with Crippen LogP contribution in [-0.2, 0) is 11.4 Å². The number of carboxylic acids is 1. The van der Waals surface area contributed by atoms with Gasteiger partial charge < -0.3 is 25.2 Å². The highest BCUT2D eigenvalue weighted by Gasteiger charge is 2.38. The molecule has 1 aromatic carbocycles. The number of halogens is 6. The van der Waals surface area contributed by atoms with E-state index in [1.54, 1.807) is 34.6 Å². The number of ether oxygens (including phenoxy) is 1. The molecule has 2 heterocycles. The maximum Gasteiger partial charge on any atom is 0.490 e. The molecule has 0 aliphatic carbocycles. The van der Waals surface area contributed by atoms with Crippen molar-refractivity contribution in [3.8, 4) is 5.75 Å². The van der Waals surface area contributed by atoms with E-state index in [0.29, 0.717) is 5.69 Å². The van der Waals surface area contributed by atoms with Gasteiger partial charge in [0.25, 0.3) is 5.91 Å². The van der Waals surface area contributed by atoms with Crippen LogP contribution in [0.5, 0.6) is 5.75 Å². The molecule has 0 aliphatic rings. The Morgan fingerprint density at radius 1 is 1.14 bits per heavy atom. The highest BCUT2D eigenvalue weighted by atomic mass is 35.5. The molecule has 3 rings (SSSR count). The summed E-state index contributed by atoms with van der Waals surface area (Å²) < 4.78 is 66.8. The zero-order chi connectivity index (χ0) is 32.2. The number of carboxylic acid groups (broad SMARTS) is 2. The van der Waals surface area contributed by atoms with E-state index in [9.17, 15) is 36.6 Å². The predicted molar refractivity (Wildman–Crippen MR) is 141 cm³/mol. The number of aromatic nitrogens is 2. The molecule has 3 aromatic rings. The van der Waals surface area contributed by atoms with E-state index in [1.807, 2.05) is 0 Å². The number of hydrogen-bond donors (Lipinski definition) is 3. The number of amides is 2. The topological polar surface area (TPSA) is 133 Å². The molecule has 2 aromatic heterocycles. The van der Waals surface area contributed by atoms with Gasteiger partial charge in [-0.15, -0.1) is 0 Å². The van der Waals surface area contributed by atoms with Gasteiger partial charge in [-0.05, 0) is 46.8 Å². The van der Waals surface area contributed by atoms with Gasteiger partial charge in [0.1, 0.15) is 23.9 Å². The van der Waals surface area contributed by atoms with E-state index in [2.05, 4.69) is 10.3 Å². The highest BCUT2D eigenvalue weighted by Crippen LogP contribution is 2.28. The van der Waals surface area contributed by atoms with Gasteiger partial charge in [0.05, 0.1) is 16.3 Å². The summed E-state index contributed by atoms with van der Waals surface area (Å²) in [7, 11) is 0. The lowest BCUT2D eigenvalue weighted by molar-refractivity contribution is -0.192. The number of carbonyl (C=O) groups excluding carboxylic acids is 1. The third-order valence-corrected chi connectivity index (χ3v) is 5.80. The van der Waals surface area contributed by atoms with Gasteiger partial charge >= 0.3 is 18.2 Å². The molecule has 1 atom stereocenters. The van der Waals surface area contributed by atoms with Crippen LogP contribution in [0.3, 0.4) is 0 Å². The second kappa shape index (κ2) is 13.2. The summed E-state index contributed by atoms with van der Waals surface area (Å²) in [6.07, 6.45) is -4.70. The summed E-state index contributed by atoms with van der Waals surface area (Å²) >= 11 is 6.23. The van der Waals surface area contributed by atoms with Crippen LogP contribution in [0, 0.1) is 18.6 Å². The number of alkyl halides is 3. The highest BCUT2D eigenvalue weighted by molar-refractivity contribution is 6.30. The SMILES string of the molecule is Cc1nc2c(OCc3c(F)cccc3F)cc(Cl)cn2c1C(=O)NC(C)CN(C(=O)O)C(C)(C)C.O=C(O)C(F)(F)F. The standard InChI is InChI=1S/C24H27ClF2N4O4.C2HF3O2/c1-13(10-31(23(33)34)24(3,4)5)28-22(32)20-14(2)29-21-19(9-15(25)11-30(20)21)35-12-16-17(26)7-6-8-18(16)27;3-2(4,5)1(6)7/h6-9,11,13H,10,12H2,1-5H3,(H,28,32)(H,33,34);(H,6,7). The third-order valence-electron chi connectivity index (χ3n) is 5.59. The quantitative estimate of drug-likeness (QED) is 0.289. The van der Waals surface area contributed by atoms with E-state index in [4.69, 9.17) is 26.2 Å². The maximum absolute atomic E-state index is 14.0. The van der Waals surface area contributed by atoms with Crippen molar-refractivity contribution in [2.24, 2.45) is 0 Å². The first-order chi connectivity index (χ1) is 19.2. The van der Waals surface area contributed by atoms with Crippen LogP contribution in [0.4, 0.5) is 26.7 Å². The number of rotatable bonds is 7. The lowest BCUT2D eigenvalue weighted by atomic mass is 10.1. The van der Waals surface area contributed by atoms with Gasteiger partial charge in [0, 0.05) is 30.4 Å². The molecule has 1 unspecified atom stereocenters. The zero-order valence-corrected chi connectivity index (χ0v) is 23.8. The molecule has 0 bridgehead atoms. The van der Waals surface area contributed by atoms with E-state index in [-0.39, 0.29) is 34.2 Å². The molecule has 0 saturated carbocycles. The number of fused-ring (bicyclic) bond motifs is 1. The summed E-state index contributed by atoms with van der Waals surface area (Å²) in [5.74, 6) is -4.60. The average Bonchev–Trinajstić information content (AvgIpc) is 3.16. The molecular weight excluding hydrogens is 595 g/mol. The first-order valence-electron chi connectivity index (χ1n) is 12.1. The number of carbonyl (C=O) groups is 3. The van der Waals surface area contributed by atoms with Gasteiger partial charge in [-0.3, -0.25) is 9.20 Å². The Balaban J connectivity index is 0.000000782. The van der Waals surface area contributed by atoms with Gasteiger partial charge in [-0.1, -0.05) is 17.7 Å². The Hall–Kier alpha value is -4.14. The fraction of sp³-hybridized carbons (Fsp3) is 0.385. The van der Waals surface area contributed by atoms with Gasteiger partial charge in [0.15, 0.2) is 11.4 Å². The van der Waals surface area contributed by atoms with Crippen molar-refractivity contribution in [3.05, 3.63) is 64.1 Å². The number of aliphatic carboxylic acids is 1. The minimum absolute atomic E-state index is 0.0731. The van der Waals surface area contributed by atoms with Crippen LogP contribution < -0.4 is 10.1 Å². The number of nitrogens with one attached hydrogen (secondary N) is 1. The predicted octanol–water partition coefficient (Wildman–Crippen LogP) is 5.68. The molecule has 0 spiro atoms. The minimum Gasteiger partial charge on any atom is -0.485 e. The van der Waals surface area contributed by atoms with Crippen molar-refractivity contribution < 1.29 is 51.3 Å². The van der Waals surface area contributed by atoms with Crippen LogP contribution in [0.2, 0.25) is 5.02 Å². The van der Waals surface area contributed by atoms with E-state index in [0.717, 1.165) is 12.1 Å². The summed E-state index contributed by atoms with van der Waals surface area (Å²) in [4.78, 5) is 39.3. The smallest absolute Gasteiger partial charge is 0.485 e. The van der Waals surface area contributed by atoms with Crippen molar-refractivity contribution in [2.75, 3.05) is 6.54 Å². The molecule has 10 nitrogen and oxygen atoms in total. The molecule has 3 N–H and O–H groups in total. The summed E-state index contributed by atoms with van der Waals surface area (Å²) in [6.45, 7) is 8.28. The number of aryl methyl sites for hydroxylation is 1. The van der Waals surface area contributed by atoms with Crippen LogP contribution in [0.1, 0.15) is 49.4 Å². The third kappa shape index (κ3) is 8.68. The van der Waals surface area contributed by atoms with Crippen LogP contribution in [0.15, 0.2) is 30.5 Å². The minimum atomic E-state index is -5.08. The first-order valence-corrected chi connectivity index (χ1v) is 12.5. The Bertz CT molecular complexity index is 1450. The second-order valence-electron chi connectivity index (χ2n) is 9.99. The van der Waals surface area contributed by atoms with E-state index < -0.39 is 54.0 Å². The Labute approximate surface area is 241 Å². The van der Waals surface area contributed by atoms with Gasteiger partial charge in [0.2, 0.25) is 0 Å². The second-order valence-corrected chi connectivity index (χ2v) is 10.4. The average molecular weight is 623 g/mol. The number of imidazole rings is 1. The molecule has 0 radical (unpaired) electrons. The molecule has 0 fully saturated rings. The zero-order valence-electron chi connectivity index (χ0n) is 23.0. The van der Waals surface area contributed by atoms with Crippen molar-refractivity contribution in [1.29, 1.82) is 0 Å². The Morgan fingerprint density at radius 2 is 1.69 bits per heavy atom. The van der Waals surface area contributed by atoms with E-state index >= 15 is 0 Å². The summed E-state index contributed by atoms with van der Waals surface area (Å²) in [5.41, 5.74) is -0.119. The van der Waals surface area contributed by atoms with Crippen molar-refractivity contribution in [3.63, 3.8) is 0 Å². The Morgan fingerprint density at radius 3 is 2.17 bits per heavy atom. The Kier molecular flexibility index (Phi) is 10.7. The molecule has 230 valence electrons. The number of benzene rings is 1. The number of nitrogens with zero attached hydrogens (tertiary/aromatic N) is 3. The molecule has 2 amide bonds. The largest absolute Gasteiger partial charge is 0.490 e. The molecule has 16 heteroatoms. The molecule has 0 aliphatic heterocycles.